The number of halogens is 3. The van der Waals surface area contributed by atoms with Gasteiger partial charge in [0, 0.05) is 14.8 Å². The number of alkyl halides is 1. The molecule has 0 bridgehead atoms. The Morgan fingerprint density at radius 3 is 2.50 bits per heavy atom. The van der Waals surface area contributed by atoms with E-state index in [0.29, 0.717) is 15.3 Å². The van der Waals surface area contributed by atoms with Gasteiger partial charge in [-0.3, -0.25) is 4.79 Å². The van der Waals surface area contributed by atoms with E-state index < -0.39 is 27.1 Å². The largest absolute Gasteiger partial charge is 0.442 e. The fraction of sp³-hybridized carbons (Fsp3) is 0.318. The zero-order valence-corrected chi connectivity index (χ0v) is 23.5. The summed E-state index contributed by atoms with van der Waals surface area (Å²) in [5.41, 5.74) is -0.359. The van der Waals surface area contributed by atoms with Gasteiger partial charge in [0.05, 0.1) is 27.2 Å². The van der Waals surface area contributed by atoms with Gasteiger partial charge in [-0.2, -0.15) is 9.69 Å². The van der Waals surface area contributed by atoms with E-state index >= 15 is 0 Å². The molecule has 12 heteroatoms. The highest BCUT2D eigenvalue weighted by Crippen LogP contribution is 2.31. The molecule has 34 heavy (non-hydrogen) atoms. The van der Waals surface area contributed by atoms with Gasteiger partial charge in [-0.05, 0) is 56.7 Å². The lowest BCUT2D eigenvalue weighted by molar-refractivity contribution is 0.0561. The fourth-order valence-electron chi connectivity index (χ4n) is 3.10. The maximum atomic E-state index is 13.5. The fourth-order valence-corrected chi connectivity index (χ4v) is 5.64. The molecule has 0 N–H and O–H groups in total. The molecule has 1 heterocycles. The highest BCUT2D eigenvalue weighted by molar-refractivity contribution is 9.10. The first-order chi connectivity index (χ1) is 15.8. The third-order valence-electron chi connectivity index (χ3n) is 4.70. The van der Waals surface area contributed by atoms with Crippen molar-refractivity contribution in [3.63, 3.8) is 0 Å². The lowest BCUT2D eigenvalue weighted by Crippen LogP contribution is -2.46. The summed E-state index contributed by atoms with van der Waals surface area (Å²) in [4.78, 5) is 31.1. The molecule has 0 aliphatic rings. The van der Waals surface area contributed by atoms with E-state index in [0.717, 1.165) is 21.6 Å². The monoisotopic (exact) mass is 633 g/mol. The quantitative estimate of drug-likeness (QED) is 0.334. The average Bonchev–Trinajstić information content (AvgIpc) is 2.74. The molecule has 0 unspecified atom stereocenters. The molecule has 182 valence electrons. The van der Waals surface area contributed by atoms with E-state index in [1.165, 1.54) is 25.1 Å². The predicted octanol–water partition coefficient (Wildman–Crippen LogP) is 5.71. The van der Waals surface area contributed by atoms with Crippen LogP contribution in [0.15, 0.2) is 50.8 Å². The van der Waals surface area contributed by atoms with Crippen molar-refractivity contribution in [2.24, 2.45) is 0 Å². The van der Waals surface area contributed by atoms with Crippen molar-refractivity contribution >= 4 is 76.0 Å². The van der Waals surface area contributed by atoms with Crippen LogP contribution in [0.5, 0.6) is 0 Å². The topological polar surface area (TPSA) is 98.6 Å². The minimum Gasteiger partial charge on any atom is -0.442 e. The number of aromatic nitrogens is 2. The van der Waals surface area contributed by atoms with Crippen LogP contribution in [0.25, 0.3) is 10.9 Å². The van der Waals surface area contributed by atoms with Crippen LogP contribution >= 0.6 is 43.5 Å². The first kappa shape index (κ1) is 26.7. The second kappa shape index (κ2) is 9.96. The highest BCUT2D eigenvalue weighted by Gasteiger charge is 2.31. The molecular weight excluding hydrogens is 614 g/mol. The maximum Gasteiger partial charge on any atom is 0.434 e. The predicted molar refractivity (Wildman–Crippen MR) is 140 cm³/mol. The molecule has 2 aromatic carbocycles. The number of hydrogen-bond donors (Lipinski definition) is 0. The zero-order chi connectivity index (χ0) is 25.4. The molecule has 0 saturated carbocycles. The van der Waals surface area contributed by atoms with Crippen molar-refractivity contribution in [3.8, 4) is 0 Å². The lowest BCUT2D eigenvalue weighted by atomic mass is 10.2. The smallest absolute Gasteiger partial charge is 0.434 e. The molecule has 1 amide bonds. The van der Waals surface area contributed by atoms with Crippen molar-refractivity contribution in [2.75, 3.05) is 10.8 Å². The van der Waals surface area contributed by atoms with Gasteiger partial charge in [0.2, 0.25) is 0 Å². The molecule has 0 radical (unpaired) electrons. The van der Waals surface area contributed by atoms with Gasteiger partial charge < -0.3 is 4.74 Å². The number of amides is 1. The van der Waals surface area contributed by atoms with E-state index in [9.17, 15) is 18.0 Å². The Hall–Kier alpha value is -1.95. The third kappa shape index (κ3) is 5.48. The van der Waals surface area contributed by atoms with Crippen LogP contribution in [0.4, 0.5) is 10.5 Å². The highest BCUT2D eigenvalue weighted by atomic mass is 79.9. The number of hydrogen-bond acceptors (Lipinski definition) is 6. The summed E-state index contributed by atoms with van der Waals surface area (Å²) in [6, 6.07) is 7.35. The number of ether oxygens (including phenoxy) is 1. The molecule has 0 spiro atoms. The summed E-state index contributed by atoms with van der Waals surface area (Å²) in [5, 5.41) is 1.78. The summed E-state index contributed by atoms with van der Waals surface area (Å²) in [5.74, 6) is -0.225. The van der Waals surface area contributed by atoms with E-state index in [4.69, 9.17) is 16.3 Å². The van der Waals surface area contributed by atoms with Crippen LogP contribution in [-0.4, -0.2) is 35.5 Å². The summed E-state index contributed by atoms with van der Waals surface area (Å²) < 4.78 is 32.8. The average molecular weight is 636 g/mol. The number of nitrogens with zero attached hydrogens (tertiary/aromatic N) is 3. The lowest BCUT2D eigenvalue weighted by Gasteiger charge is -2.29. The number of anilines is 1. The van der Waals surface area contributed by atoms with Gasteiger partial charge in [-0.15, -0.1) is 0 Å². The third-order valence-corrected chi connectivity index (χ3v) is 8.05. The Bertz CT molecular complexity index is 1430. The summed E-state index contributed by atoms with van der Waals surface area (Å²) in [6.45, 7) is 6.45. The molecule has 0 aliphatic carbocycles. The maximum absolute atomic E-state index is 13.5. The standard InChI is InChI=1S/C22H22Br2ClN3O5S/c1-5-34(31,32)19-7-6-14(25)9-18(19)28(21(30)33-22(2,3)4)27-12-26-17-8-13(11-23)16(24)10-15(17)20(27)29/h6-10,12H,5,11H2,1-4H3. The Labute approximate surface area is 219 Å². The summed E-state index contributed by atoms with van der Waals surface area (Å²) in [7, 11) is -3.80. The van der Waals surface area contributed by atoms with Crippen LogP contribution in [0, 0.1) is 0 Å². The van der Waals surface area contributed by atoms with E-state index in [1.54, 1.807) is 32.9 Å². The van der Waals surface area contributed by atoms with Crippen LogP contribution in [-0.2, 0) is 19.9 Å². The van der Waals surface area contributed by atoms with Gasteiger partial charge >= 0.3 is 6.09 Å². The molecule has 0 fully saturated rings. The van der Waals surface area contributed by atoms with Gasteiger partial charge in [-0.25, -0.2) is 18.2 Å². The summed E-state index contributed by atoms with van der Waals surface area (Å²) >= 11 is 13.0. The number of benzene rings is 2. The molecule has 0 aliphatic heterocycles. The molecule has 3 aromatic rings. The Morgan fingerprint density at radius 1 is 1.24 bits per heavy atom. The Kier molecular flexibility index (Phi) is 7.81. The Balaban J connectivity index is 2.37. The second-order valence-corrected chi connectivity index (χ2v) is 12.4. The molecule has 3 rings (SSSR count). The van der Waals surface area contributed by atoms with Crippen molar-refractivity contribution < 1.29 is 17.9 Å². The van der Waals surface area contributed by atoms with Crippen LogP contribution < -0.4 is 10.6 Å². The minimum absolute atomic E-state index is 0.122. The van der Waals surface area contributed by atoms with E-state index in [1.807, 2.05) is 0 Å². The summed E-state index contributed by atoms with van der Waals surface area (Å²) in [6.07, 6.45) is 0.186. The van der Waals surface area contributed by atoms with Crippen molar-refractivity contribution in [2.45, 2.75) is 43.5 Å². The van der Waals surface area contributed by atoms with E-state index in [2.05, 4.69) is 36.8 Å². The minimum atomic E-state index is -3.80. The first-order valence-corrected chi connectivity index (χ1v) is 14.0. The second-order valence-electron chi connectivity index (χ2n) is 8.30. The number of fused-ring (bicyclic) bond motifs is 1. The first-order valence-electron chi connectivity index (χ1n) is 10.1. The number of sulfone groups is 1. The van der Waals surface area contributed by atoms with E-state index in [-0.39, 0.29) is 26.7 Å². The van der Waals surface area contributed by atoms with Crippen LogP contribution in [0.2, 0.25) is 5.02 Å². The SMILES string of the molecule is CCS(=O)(=O)c1ccc(Cl)cc1N(C(=O)OC(C)(C)C)n1cnc2cc(CBr)c(Br)cc2c1=O. The Morgan fingerprint density at radius 2 is 1.91 bits per heavy atom. The normalized spacial score (nSPS) is 12.1. The van der Waals surface area contributed by atoms with Gasteiger partial charge in [-0.1, -0.05) is 50.4 Å². The van der Waals surface area contributed by atoms with Crippen molar-refractivity contribution in [3.05, 3.63) is 62.1 Å². The van der Waals surface area contributed by atoms with Crippen LogP contribution in [0.1, 0.15) is 33.3 Å². The van der Waals surface area contributed by atoms with Crippen molar-refractivity contribution in [1.29, 1.82) is 0 Å². The van der Waals surface area contributed by atoms with Crippen LogP contribution in [0.3, 0.4) is 0 Å². The number of carbonyl (C=O) groups excluding carboxylic acids is 1. The van der Waals surface area contributed by atoms with Crippen molar-refractivity contribution in [1.82, 2.24) is 9.66 Å². The molecule has 8 nitrogen and oxygen atoms in total. The van der Waals surface area contributed by atoms with Gasteiger partial charge in [0.1, 0.15) is 11.9 Å². The molecular formula is C22H22Br2ClN3O5S. The number of carbonyl (C=O) groups is 1. The zero-order valence-electron chi connectivity index (χ0n) is 18.8. The van der Waals surface area contributed by atoms with Gasteiger partial charge in [0.15, 0.2) is 9.84 Å². The molecule has 1 aromatic heterocycles. The number of rotatable bonds is 5. The molecule has 0 saturated heterocycles. The molecule has 0 atom stereocenters. The van der Waals surface area contributed by atoms with Gasteiger partial charge in [0.25, 0.3) is 5.56 Å².